The van der Waals surface area contributed by atoms with Crippen LogP contribution in [0.4, 0.5) is 11.4 Å². The number of carbonyl (C=O) groups is 3. The molecular formula is C22H23Cl2N3O3. The van der Waals surface area contributed by atoms with Crippen molar-refractivity contribution >= 4 is 52.3 Å². The van der Waals surface area contributed by atoms with Gasteiger partial charge in [0.2, 0.25) is 11.8 Å². The van der Waals surface area contributed by atoms with Gasteiger partial charge in [0.15, 0.2) is 0 Å². The highest BCUT2D eigenvalue weighted by Crippen LogP contribution is 2.31. The summed E-state index contributed by atoms with van der Waals surface area (Å²) in [5.74, 6) is -0.813. The van der Waals surface area contributed by atoms with E-state index >= 15 is 0 Å². The summed E-state index contributed by atoms with van der Waals surface area (Å²) in [7, 11) is 0. The van der Waals surface area contributed by atoms with Gasteiger partial charge in [-0.1, -0.05) is 37.0 Å². The maximum absolute atomic E-state index is 12.8. The maximum atomic E-state index is 12.8. The summed E-state index contributed by atoms with van der Waals surface area (Å²) in [4.78, 5) is 38.9. The van der Waals surface area contributed by atoms with E-state index in [1.54, 1.807) is 47.4 Å². The number of carbonyl (C=O) groups excluding carboxylic acids is 3. The summed E-state index contributed by atoms with van der Waals surface area (Å²) in [6.07, 6.45) is 1.31. The van der Waals surface area contributed by atoms with Gasteiger partial charge in [-0.15, -0.1) is 0 Å². The lowest BCUT2D eigenvalue weighted by Crippen LogP contribution is -2.47. The van der Waals surface area contributed by atoms with Gasteiger partial charge in [-0.3, -0.25) is 14.4 Å². The van der Waals surface area contributed by atoms with Crippen LogP contribution in [0.1, 0.15) is 37.0 Å². The summed E-state index contributed by atoms with van der Waals surface area (Å²) in [5, 5.41) is 6.48. The first-order valence-corrected chi connectivity index (χ1v) is 10.5. The molecule has 1 aliphatic heterocycles. The smallest absolute Gasteiger partial charge is 0.251 e. The molecule has 0 saturated carbocycles. The summed E-state index contributed by atoms with van der Waals surface area (Å²) < 4.78 is 0. The second-order valence-corrected chi connectivity index (χ2v) is 8.35. The molecule has 2 aromatic carbocycles. The standard InChI is InChI=1S/C22H23Cl2N3O3/c1-13(2)20(26-21(29)14-5-7-15(23)8-6-14)22(30)25-16-9-10-18(17(24)12-16)27-11-3-4-19(27)28/h5-10,12-13,20H,3-4,11H2,1-2H3,(H,25,30)(H,26,29). The molecule has 1 unspecified atom stereocenters. The number of amides is 3. The Kier molecular flexibility index (Phi) is 7.00. The predicted octanol–water partition coefficient (Wildman–Crippen LogP) is 4.51. The first kappa shape index (κ1) is 22.1. The van der Waals surface area contributed by atoms with Crippen LogP contribution in [0.3, 0.4) is 0 Å². The van der Waals surface area contributed by atoms with Gasteiger partial charge in [0, 0.05) is 29.2 Å². The molecule has 2 aromatic rings. The highest BCUT2D eigenvalue weighted by atomic mass is 35.5. The summed E-state index contributed by atoms with van der Waals surface area (Å²) >= 11 is 12.2. The predicted molar refractivity (Wildman–Crippen MR) is 119 cm³/mol. The lowest BCUT2D eigenvalue weighted by Gasteiger charge is -2.22. The number of benzene rings is 2. The monoisotopic (exact) mass is 447 g/mol. The molecule has 6 nitrogen and oxygen atoms in total. The lowest BCUT2D eigenvalue weighted by atomic mass is 10.0. The second kappa shape index (κ2) is 9.49. The molecule has 0 bridgehead atoms. The van der Waals surface area contributed by atoms with Gasteiger partial charge in [-0.25, -0.2) is 0 Å². The Bertz CT molecular complexity index is 961. The number of anilines is 2. The maximum Gasteiger partial charge on any atom is 0.251 e. The van der Waals surface area contributed by atoms with Gasteiger partial charge in [0.1, 0.15) is 6.04 Å². The number of hydrogen-bond acceptors (Lipinski definition) is 3. The molecule has 158 valence electrons. The van der Waals surface area contributed by atoms with Crippen LogP contribution in [-0.2, 0) is 9.59 Å². The minimum atomic E-state index is -0.744. The molecule has 1 saturated heterocycles. The molecule has 3 amide bonds. The van der Waals surface area contributed by atoms with Crippen molar-refractivity contribution in [2.45, 2.75) is 32.7 Å². The minimum absolute atomic E-state index is 0.0402. The normalized spacial score (nSPS) is 14.7. The third kappa shape index (κ3) is 5.12. The van der Waals surface area contributed by atoms with E-state index in [0.29, 0.717) is 39.9 Å². The van der Waals surface area contributed by atoms with Crippen LogP contribution >= 0.6 is 23.2 Å². The lowest BCUT2D eigenvalue weighted by molar-refractivity contribution is -0.119. The first-order chi connectivity index (χ1) is 14.3. The molecule has 3 rings (SSSR count). The van der Waals surface area contributed by atoms with Gasteiger partial charge >= 0.3 is 0 Å². The Balaban J connectivity index is 1.70. The van der Waals surface area contributed by atoms with Crippen molar-refractivity contribution in [1.29, 1.82) is 0 Å². The molecule has 0 aliphatic carbocycles. The molecule has 1 fully saturated rings. The van der Waals surface area contributed by atoms with Crippen LogP contribution in [0, 0.1) is 5.92 Å². The Labute approximate surface area is 185 Å². The van der Waals surface area contributed by atoms with Crippen molar-refractivity contribution < 1.29 is 14.4 Å². The van der Waals surface area contributed by atoms with E-state index in [1.165, 1.54) is 0 Å². The Morgan fingerprint density at radius 2 is 1.77 bits per heavy atom. The molecule has 2 N–H and O–H groups in total. The van der Waals surface area contributed by atoms with Crippen LogP contribution in [0.25, 0.3) is 0 Å². The number of nitrogens with one attached hydrogen (secondary N) is 2. The van der Waals surface area contributed by atoms with Crippen molar-refractivity contribution in [2.75, 3.05) is 16.8 Å². The van der Waals surface area contributed by atoms with Gasteiger partial charge in [0.25, 0.3) is 5.91 Å². The highest BCUT2D eigenvalue weighted by molar-refractivity contribution is 6.34. The molecule has 8 heteroatoms. The molecule has 1 heterocycles. The van der Waals surface area contributed by atoms with Crippen molar-refractivity contribution in [3.05, 3.63) is 58.1 Å². The van der Waals surface area contributed by atoms with Crippen LogP contribution in [0.15, 0.2) is 42.5 Å². The zero-order valence-corrected chi connectivity index (χ0v) is 18.3. The Morgan fingerprint density at radius 1 is 1.07 bits per heavy atom. The minimum Gasteiger partial charge on any atom is -0.340 e. The van der Waals surface area contributed by atoms with Crippen LogP contribution in [0.2, 0.25) is 10.0 Å². The molecular weight excluding hydrogens is 425 g/mol. The molecule has 1 atom stereocenters. The van der Waals surface area contributed by atoms with Crippen molar-refractivity contribution in [3.63, 3.8) is 0 Å². The van der Waals surface area contributed by atoms with E-state index in [9.17, 15) is 14.4 Å². The van der Waals surface area contributed by atoms with E-state index in [0.717, 1.165) is 6.42 Å². The molecule has 1 aliphatic rings. The topological polar surface area (TPSA) is 78.5 Å². The quantitative estimate of drug-likeness (QED) is 0.683. The SMILES string of the molecule is CC(C)C(NC(=O)c1ccc(Cl)cc1)C(=O)Nc1ccc(N2CCCC2=O)c(Cl)c1. The third-order valence-electron chi connectivity index (χ3n) is 4.92. The van der Waals surface area contributed by atoms with Crippen molar-refractivity contribution in [2.24, 2.45) is 5.92 Å². The summed E-state index contributed by atoms with van der Waals surface area (Å²) in [5.41, 5.74) is 1.54. The van der Waals surface area contributed by atoms with Crippen molar-refractivity contribution in [3.8, 4) is 0 Å². The van der Waals surface area contributed by atoms with Gasteiger partial charge in [0.05, 0.1) is 10.7 Å². The van der Waals surface area contributed by atoms with Crippen LogP contribution in [-0.4, -0.2) is 30.3 Å². The van der Waals surface area contributed by atoms with E-state index in [2.05, 4.69) is 10.6 Å². The zero-order valence-electron chi connectivity index (χ0n) is 16.7. The molecule has 0 radical (unpaired) electrons. The number of hydrogen-bond donors (Lipinski definition) is 2. The second-order valence-electron chi connectivity index (χ2n) is 7.51. The average molecular weight is 448 g/mol. The average Bonchev–Trinajstić information content (AvgIpc) is 3.12. The summed E-state index contributed by atoms with van der Waals surface area (Å²) in [6.45, 7) is 4.33. The number of halogens is 2. The van der Waals surface area contributed by atoms with Crippen LogP contribution in [0.5, 0.6) is 0 Å². The molecule has 0 spiro atoms. The highest BCUT2D eigenvalue weighted by Gasteiger charge is 2.26. The molecule has 30 heavy (non-hydrogen) atoms. The Hall–Kier alpha value is -2.57. The first-order valence-electron chi connectivity index (χ1n) is 9.73. The van der Waals surface area contributed by atoms with Crippen LogP contribution < -0.4 is 15.5 Å². The van der Waals surface area contributed by atoms with E-state index in [1.807, 2.05) is 13.8 Å². The van der Waals surface area contributed by atoms with Crippen molar-refractivity contribution in [1.82, 2.24) is 5.32 Å². The van der Waals surface area contributed by atoms with Gasteiger partial charge < -0.3 is 15.5 Å². The largest absolute Gasteiger partial charge is 0.340 e. The molecule has 0 aromatic heterocycles. The Morgan fingerprint density at radius 3 is 2.33 bits per heavy atom. The number of rotatable bonds is 6. The fourth-order valence-corrected chi connectivity index (χ4v) is 3.70. The van der Waals surface area contributed by atoms with Gasteiger partial charge in [-0.05, 0) is 54.8 Å². The zero-order chi connectivity index (χ0) is 21.8. The van der Waals surface area contributed by atoms with E-state index < -0.39 is 6.04 Å². The fourth-order valence-electron chi connectivity index (χ4n) is 3.29. The van der Waals surface area contributed by atoms with Gasteiger partial charge in [-0.2, -0.15) is 0 Å². The van der Waals surface area contributed by atoms with E-state index in [-0.39, 0.29) is 23.6 Å². The van der Waals surface area contributed by atoms with E-state index in [4.69, 9.17) is 23.2 Å². The third-order valence-corrected chi connectivity index (χ3v) is 5.48. The number of nitrogens with zero attached hydrogens (tertiary/aromatic N) is 1. The fraction of sp³-hybridized carbons (Fsp3) is 0.318. The summed E-state index contributed by atoms with van der Waals surface area (Å²) in [6, 6.07) is 10.7.